The Bertz CT molecular complexity index is 833. The van der Waals surface area contributed by atoms with Gasteiger partial charge in [0, 0.05) is 50.4 Å². The van der Waals surface area contributed by atoms with Gasteiger partial charge < -0.3 is 20.5 Å². The van der Waals surface area contributed by atoms with Crippen molar-refractivity contribution in [1.29, 1.82) is 0 Å². The summed E-state index contributed by atoms with van der Waals surface area (Å²) in [6.07, 6.45) is 6.99. The van der Waals surface area contributed by atoms with Crippen LogP contribution < -0.4 is 10.6 Å². The molecule has 0 aliphatic carbocycles. The molecule has 3 N–H and O–H groups in total. The Hall–Kier alpha value is -2.90. The van der Waals surface area contributed by atoms with E-state index >= 15 is 0 Å². The highest BCUT2D eigenvalue weighted by molar-refractivity contribution is 5.93. The minimum absolute atomic E-state index is 0.214. The van der Waals surface area contributed by atoms with Crippen LogP contribution in [-0.2, 0) is 9.59 Å². The molecule has 2 aromatic heterocycles. The fourth-order valence-corrected chi connectivity index (χ4v) is 3.02. The molecule has 3 rings (SSSR count). The second-order valence-electron chi connectivity index (χ2n) is 6.87. The Morgan fingerprint density at radius 1 is 1.31 bits per heavy atom. The Labute approximate surface area is 152 Å². The van der Waals surface area contributed by atoms with E-state index in [0.717, 1.165) is 24.5 Å². The largest absolute Gasteiger partial charge is 0.366 e. The van der Waals surface area contributed by atoms with Gasteiger partial charge >= 0.3 is 0 Å². The van der Waals surface area contributed by atoms with Gasteiger partial charge in [-0.2, -0.15) is 0 Å². The van der Waals surface area contributed by atoms with Crippen molar-refractivity contribution in [3.05, 3.63) is 24.0 Å². The second kappa shape index (κ2) is 7.55. The molecule has 26 heavy (non-hydrogen) atoms. The number of carbonyl (C=O) groups excluding carboxylic acids is 2. The van der Waals surface area contributed by atoms with Gasteiger partial charge in [-0.25, -0.2) is 9.97 Å². The monoisotopic (exact) mass is 356 g/mol. The van der Waals surface area contributed by atoms with Gasteiger partial charge in [-0.15, -0.1) is 0 Å². The number of amides is 2. The van der Waals surface area contributed by atoms with Crippen molar-refractivity contribution < 1.29 is 9.59 Å². The van der Waals surface area contributed by atoms with Crippen molar-refractivity contribution in [3.63, 3.8) is 0 Å². The van der Waals surface area contributed by atoms with Crippen LogP contribution in [-0.4, -0.2) is 57.8 Å². The number of anilines is 1. The predicted molar refractivity (Wildman–Crippen MR) is 100 cm³/mol. The molecule has 0 unspecified atom stereocenters. The SMILES string of the molecule is CC(C)CC(=O)N1CCN(c2cnc3[nH]cc(/C=C/C(N)=O)c3n2)CC1. The van der Waals surface area contributed by atoms with Crippen LogP contribution >= 0.6 is 0 Å². The van der Waals surface area contributed by atoms with E-state index in [1.54, 1.807) is 18.5 Å². The van der Waals surface area contributed by atoms with E-state index in [-0.39, 0.29) is 5.91 Å². The minimum Gasteiger partial charge on any atom is -0.366 e. The molecule has 0 spiro atoms. The number of primary amides is 1. The van der Waals surface area contributed by atoms with Gasteiger partial charge in [0.25, 0.3) is 0 Å². The van der Waals surface area contributed by atoms with E-state index in [0.29, 0.717) is 36.6 Å². The zero-order valence-electron chi connectivity index (χ0n) is 15.1. The molecule has 138 valence electrons. The van der Waals surface area contributed by atoms with Gasteiger partial charge in [-0.1, -0.05) is 13.8 Å². The summed E-state index contributed by atoms with van der Waals surface area (Å²) in [4.78, 5) is 39.3. The number of nitrogens with one attached hydrogen (secondary N) is 1. The van der Waals surface area contributed by atoms with E-state index in [9.17, 15) is 9.59 Å². The van der Waals surface area contributed by atoms with Crippen molar-refractivity contribution in [2.24, 2.45) is 11.7 Å². The number of H-pyrrole nitrogens is 1. The zero-order chi connectivity index (χ0) is 18.7. The Morgan fingerprint density at radius 2 is 2.04 bits per heavy atom. The van der Waals surface area contributed by atoms with Gasteiger partial charge in [0.15, 0.2) is 5.65 Å². The molecule has 0 aromatic carbocycles. The molecule has 3 heterocycles. The predicted octanol–water partition coefficient (Wildman–Crippen LogP) is 1.15. The first-order valence-electron chi connectivity index (χ1n) is 8.78. The summed E-state index contributed by atoms with van der Waals surface area (Å²) in [5.41, 5.74) is 7.27. The quantitative estimate of drug-likeness (QED) is 0.781. The first kappa shape index (κ1) is 17.9. The fraction of sp³-hybridized carbons (Fsp3) is 0.444. The molecule has 0 bridgehead atoms. The molecular formula is C18H24N6O2. The van der Waals surface area contributed by atoms with Crippen molar-refractivity contribution >= 4 is 34.9 Å². The lowest BCUT2D eigenvalue weighted by Crippen LogP contribution is -2.49. The number of carbonyl (C=O) groups is 2. The number of piperazine rings is 1. The van der Waals surface area contributed by atoms with Crippen molar-refractivity contribution in [2.75, 3.05) is 31.1 Å². The molecule has 8 nitrogen and oxygen atoms in total. The summed E-state index contributed by atoms with van der Waals surface area (Å²) in [5, 5.41) is 0. The van der Waals surface area contributed by atoms with E-state index in [4.69, 9.17) is 5.73 Å². The Kier molecular flexibility index (Phi) is 5.20. The van der Waals surface area contributed by atoms with Gasteiger partial charge in [0.2, 0.25) is 11.8 Å². The fourth-order valence-electron chi connectivity index (χ4n) is 3.02. The summed E-state index contributed by atoms with van der Waals surface area (Å²) in [6, 6.07) is 0. The normalized spacial score (nSPS) is 15.3. The standard InChI is InChI=1S/C18H24N6O2/c1-12(2)9-16(26)24-7-5-23(6-8-24)15-11-21-18-17(22-15)13(10-20-18)3-4-14(19)25/h3-4,10-12H,5-9H2,1-2H3,(H2,19,25)(H,20,21)/b4-3+. The number of hydrogen-bond donors (Lipinski definition) is 2. The molecule has 2 amide bonds. The second-order valence-corrected chi connectivity index (χ2v) is 6.87. The maximum absolute atomic E-state index is 12.2. The van der Waals surface area contributed by atoms with Crippen molar-refractivity contribution in [3.8, 4) is 0 Å². The summed E-state index contributed by atoms with van der Waals surface area (Å²) in [5.74, 6) is 0.840. The highest BCUT2D eigenvalue weighted by Gasteiger charge is 2.22. The highest BCUT2D eigenvalue weighted by Crippen LogP contribution is 2.21. The lowest BCUT2D eigenvalue weighted by Gasteiger charge is -2.35. The van der Waals surface area contributed by atoms with Gasteiger partial charge in [0.1, 0.15) is 11.3 Å². The molecule has 1 aliphatic rings. The third-order valence-corrected chi connectivity index (χ3v) is 4.36. The number of fused-ring (bicyclic) bond motifs is 1. The van der Waals surface area contributed by atoms with Crippen molar-refractivity contribution in [2.45, 2.75) is 20.3 Å². The molecule has 2 aromatic rings. The molecule has 0 atom stereocenters. The summed E-state index contributed by atoms with van der Waals surface area (Å²) < 4.78 is 0. The van der Waals surface area contributed by atoms with Gasteiger partial charge in [0.05, 0.1) is 6.20 Å². The number of hydrogen-bond acceptors (Lipinski definition) is 5. The maximum atomic E-state index is 12.2. The molecule has 8 heteroatoms. The Morgan fingerprint density at radius 3 is 2.69 bits per heavy atom. The Balaban J connectivity index is 1.72. The summed E-state index contributed by atoms with van der Waals surface area (Å²) in [7, 11) is 0. The smallest absolute Gasteiger partial charge is 0.241 e. The van der Waals surface area contributed by atoms with Crippen LogP contribution in [0.3, 0.4) is 0 Å². The number of aromatic amines is 1. The number of nitrogens with two attached hydrogens (primary N) is 1. The van der Waals surface area contributed by atoms with Crippen LogP contribution in [0.15, 0.2) is 18.5 Å². The van der Waals surface area contributed by atoms with Gasteiger partial charge in [-0.3, -0.25) is 9.59 Å². The van der Waals surface area contributed by atoms with Crippen LogP contribution in [0.5, 0.6) is 0 Å². The molecular weight excluding hydrogens is 332 g/mol. The van der Waals surface area contributed by atoms with Crippen LogP contribution in [0.4, 0.5) is 5.82 Å². The average molecular weight is 356 g/mol. The van der Waals surface area contributed by atoms with E-state index in [1.165, 1.54) is 6.08 Å². The molecule has 1 fully saturated rings. The van der Waals surface area contributed by atoms with E-state index < -0.39 is 5.91 Å². The first-order valence-corrected chi connectivity index (χ1v) is 8.78. The third kappa shape index (κ3) is 4.01. The summed E-state index contributed by atoms with van der Waals surface area (Å²) in [6.45, 7) is 6.93. The van der Waals surface area contributed by atoms with Crippen molar-refractivity contribution in [1.82, 2.24) is 19.9 Å². The molecule has 0 saturated carbocycles. The molecule has 1 aliphatic heterocycles. The highest BCUT2D eigenvalue weighted by atomic mass is 16.2. The molecule has 1 saturated heterocycles. The van der Waals surface area contributed by atoms with Gasteiger partial charge in [-0.05, 0) is 12.0 Å². The number of rotatable bonds is 5. The lowest BCUT2D eigenvalue weighted by molar-refractivity contribution is -0.132. The zero-order valence-corrected chi connectivity index (χ0v) is 15.1. The average Bonchev–Trinajstić information content (AvgIpc) is 3.01. The van der Waals surface area contributed by atoms with Crippen LogP contribution in [0, 0.1) is 5.92 Å². The summed E-state index contributed by atoms with van der Waals surface area (Å²) >= 11 is 0. The van der Waals surface area contributed by atoms with E-state index in [2.05, 4.69) is 33.7 Å². The maximum Gasteiger partial charge on any atom is 0.241 e. The van der Waals surface area contributed by atoms with Crippen LogP contribution in [0.25, 0.3) is 17.2 Å². The topological polar surface area (TPSA) is 108 Å². The van der Waals surface area contributed by atoms with Crippen LogP contribution in [0.1, 0.15) is 25.8 Å². The molecule has 0 radical (unpaired) electrons. The number of nitrogens with zero attached hydrogens (tertiary/aromatic N) is 4. The van der Waals surface area contributed by atoms with Crippen LogP contribution in [0.2, 0.25) is 0 Å². The minimum atomic E-state index is -0.509. The van der Waals surface area contributed by atoms with E-state index in [1.807, 2.05) is 4.90 Å². The number of aromatic nitrogens is 3. The first-order chi connectivity index (χ1) is 12.4. The lowest BCUT2D eigenvalue weighted by atomic mass is 10.1. The third-order valence-electron chi connectivity index (χ3n) is 4.36.